The van der Waals surface area contributed by atoms with E-state index in [4.69, 9.17) is 5.11 Å². The maximum Gasteiger partial charge on any atom is 0.346 e. The van der Waals surface area contributed by atoms with Crippen molar-refractivity contribution in [1.82, 2.24) is 4.31 Å². The number of sulfonamides is 1. The number of thiophene rings is 2. The van der Waals surface area contributed by atoms with E-state index in [0.29, 0.717) is 5.56 Å². The molecule has 0 atom stereocenters. The highest BCUT2D eigenvalue weighted by Crippen LogP contribution is 2.28. The van der Waals surface area contributed by atoms with Crippen LogP contribution in [0.5, 0.6) is 0 Å². The third kappa shape index (κ3) is 2.93. The van der Waals surface area contributed by atoms with E-state index in [-0.39, 0.29) is 15.6 Å². The van der Waals surface area contributed by atoms with Crippen LogP contribution in [-0.4, -0.2) is 30.8 Å². The van der Waals surface area contributed by atoms with E-state index in [0.717, 1.165) is 16.9 Å². The minimum Gasteiger partial charge on any atom is -0.477 e. The third-order valence-corrected chi connectivity index (χ3v) is 6.95. The van der Waals surface area contributed by atoms with Gasteiger partial charge in [0, 0.05) is 13.6 Å². The van der Waals surface area contributed by atoms with Crippen molar-refractivity contribution in [2.75, 3.05) is 7.05 Å². The molecule has 2 aromatic heterocycles. The summed E-state index contributed by atoms with van der Waals surface area (Å²) in [4.78, 5) is 11.1. The predicted molar refractivity (Wildman–Crippen MR) is 79.0 cm³/mol. The van der Waals surface area contributed by atoms with Gasteiger partial charge in [-0.3, -0.25) is 0 Å². The first kappa shape index (κ1) is 15.2. The Morgan fingerprint density at radius 1 is 1.45 bits per heavy atom. The molecule has 0 aromatic carbocycles. The molecule has 1 N–H and O–H groups in total. The van der Waals surface area contributed by atoms with Gasteiger partial charge < -0.3 is 5.11 Å². The topological polar surface area (TPSA) is 74.7 Å². The summed E-state index contributed by atoms with van der Waals surface area (Å²) >= 11 is 2.29. The minimum atomic E-state index is -3.66. The van der Waals surface area contributed by atoms with E-state index in [1.54, 1.807) is 6.92 Å². The Hall–Kier alpha value is -1.22. The number of carboxylic acid groups (broad SMARTS) is 1. The highest BCUT2D eigenvalue weighted by atomic mass is 32.2. The molecule has 108 valence electrons. The standard InChI is InChI=1S/C12H13NO4S3/c1-8-5-10(19-11(8)12(14)15)20(16,17)13(2)6-9-3-4-18-7-9/h3-5,7H,6H2,1-2H3,(H,14,15). The second-order valence-electron chi connectivity index (χ2n) is 4.28. The molecule has 0 bridgehead atoms. The number of aryl methyl sites for hydroxylation is 1. The van der Waals surface area contributed by atoms with Gasteiger partial charge in [-0.1, -0.05) is 0 Å². The van der Waals surface area contributed by atoms with Gasteiger partial charge in [-0.25, -0.2) is 13.2 Å². The molecule has 2 aromatic rings. The maximum absolute atomic E-state index is 12.4. The van der Waals surface area contributed by atoms with Crippen molar-refractivity contribution in [1.29, 1.82) is 0 Å². The molecule has 2 rings (SSSR count). The first-order valence-corrected chi connectivity index (χ1v) is 8.83. The van der Waals surface area contributed by atoms with Crippen LogP contribution < -0.4 is 0 Å². The Kier molecular flexibility index (Phi) is 4.28. The van der Waals surface area contributed by atoms with Gasteiger partial charge in [-0.05, 0) is 40.9 Å². The normalized spacial score (nSPS) is 11.9. The molecule has 0 aliphatic rings. The van der Waals surface area contributed by atoms with Gasteiger partial charge in [-0.15, -0.1) is 11.3 Å². The largest absolute Gasteiger partial charge is 0.477 e. The van der Waals surface area contributed by atoms with Crippen molar-refractivity contribution in [3.05, 3.63) is 38.9 Å². The predicted octanol–water partition coefficient (Wildman–Crippen LogP) is 2.64. The zero-order valence-electron chi connectivity index (χ0n) is 10.9. The van der Waals surface area contributed by atoms with E-state index in [9.17, 15) is 13.2 Å². The third-order valence-electron chi connectivity index (χ3n) is 2.74. The van der Waals surface area contributed by atoms with Gasteiger partial charge in [0.1, 0.15) is 9.09 Å². The van der Waals surface area contributed by atoms with Crippen molar-refractivity contribution in [3.8, 4) is 0 Å². The fourth-order valence-corrected chi connectivity index (χ4v) is 5.08. The van der Waals surface area contributed by atoms with Crippen molar-refractivity contribution < 1.29 is 18.3 Å². The number of carbonyl (C=O) groups is 1. The lowest BCUT2D eigenvalue weighted by Crippen LogP contribution is -2.25. The Morgan fingerprint density at radius 2 is 2.15 bits per heavy atom. The van der Waals surface area contributed by atoms with Gasteiger partial charge in [0.25, 0.3) is 10.0 Å². The first-order valence-electron chi connectivity index (χ1n) is 5.63. The van der Waals surface area contributed by atoms with Crippen LogP contribution in [-0.2, 0) is 16.6 Å². The van der Waals surface area contributed by atoms with Crippen LogP contribution in [0.1, 0.15) is 20.8 Å². The summed E-state index contributed by atoms with van der Waals surface area (Å²) in [6.45, 7) is 1.86. The number of hydrogen-bond acceptors (Lipinski definition) is 5. The zero-order valence-corrected chi connectivity index (χ0v) is 13.3. The molecular formula is C12H13NO4S3. The molecule has 20 heavy (non-hydrogen) atoms. The summed E-state index contributed by atoms with van der Waals surface area (Å²) in [5, 5.41) is 12.8. The summed E-state index contributed by atoms with van der Waals surface area (Å²) in [7, 11) is -2.17. The molecule has 0 aliphatic heterocycles. The lowest BCUT2D eigenvalue weighted by molar-refractivity contribution is 0.0701. The molecule has 0 amide bonds. The number of nitrogens with zero attached hydrogens (tertiary/aromatic N) is 1. The van der Waals surface area contributed by atoms with Gasteiger partial charge in [0.15, 0.2) is 0 Å². The average molecular weight is 331 g/mol. The minimum absolute atomic E-state index is 0.0603. The summed E-state index contributed by atoms with van der Waals surface area (Å²) in [6.07, 6.45) is 0. The van der Waals surface area contributed by atoms with Crippen LogP contribution in [0, 0.1) is 6.92 Å². The molecule has 8 heteroatoms. The molecule has 0 aliphatic carbocycles. The highest BCUT2D eigenvalue weighted by Gasteiger charge is 2.25. The quantitative estimate of drug-likeness (QED) is 0.914. The van der Waals surface area contributed by atoms with Crippen molar-refractivity contribution in [3.63, 3.8) is 0 Å². The van der Waals surface area contributed by atoms with Gasteiger partial charge >= 0.3 is 5.97 Å². The molecule has 0 unspecified atom stereocenters. The van der Waals surface area contributed by atoms with Crippen LogP contribution in [0.4, 0.5) is 0 Å². The number of aromatic carboxylic acids is 1. The fraction of sp³-hybridized carbons (Fsp3) is 0.250. The molecule has 0 saturated carbocycles. The van der Waals surface area contributed by atoms with Crippen LogP contribution in [0.3, 0.4) is 0 Å². The van der Waals surface area contributed by atoms with Crippen molar-refractivity contribution in [2.24, 2.45) is 0 Å². The van der Waals surface area contributed by atoms with Gasteiger partial charge in [0.2, 0.25) is 0 Å². The summed E-state index contributed by atoms with van der Waals surface area (Å²) in [5.74, 6) is -1.10. The Morgan fingerprint density at radius 3 is 2.65 bits per heavy atom. The lowest BCUT2D eigenvalue weighted by Gasteiger charge is -2.15. The molecular weight excluding hydrogens is 318 g/mol. The first-order chi connectivity index (χ1) is 9.32. The average Bonchev–Trinajstić information content (AvgIpc) is 2.98. The molecule has 0 spiro atoms. The van der Waals surface area contributed by atoms with Crippen LogP contribution >= 0.6 is 22.7 Å². The molecule has 0 saturated heterocycles. The van der Waals surface area contributed by atoms with Crippen molar-refractivity contribution in [2.45, 2.75) is 17.7 Å². The second-order valence-corrected chi connectivity index (χ2v) is 8.38. The summed E-state index contributed by atoms with van der Waals surface area (Å²) in [5.41, 5.74) is 1.37. The smallest absolute Gasteiger partial charge is 0.346 e. The zero-order chi connectivity index (χ0) is 14.9. The van der Waals surface area contributed by atoms with Crippen molar-refractivity contribution >= 4 is 38.7 Å². The van der Waals surface area contributed by atoms with Crippen LogP contribution in [0.2, 0.25) is 0 Å². The number of carboxylic acids is 1. The number of rotatable bonds is 5. The van der Waals surface area contributed by atoms with E-state index < -0.39 is 16.0 Å². The van der Waals surface area contributed by atoms with Crippen LogP contribution in [0.25, 0.3) is 0 Å². The molecule has 5 nitrogen and oxygen atoms in total. The maximum atomic E-state index is 12.4. The highest BCUT2D eigenvalue weighted by molar-refractivity contribution is 7.91. The fourth-order valence-electron chi connectivity index (χ4n) is 1.67. The van der Waals surface area contributed by atoms with E-state index in [1.807, 2.05) is 16.8 Å². The summed E-state index contributed by atoms with van der Waals surface area (Å²) < 4.78 is 26.1. The SMILES string of the molecule is Cc1cc(S(=O)(=O)N(C)Cc2ccsc2)sc1C(=O)O. The molecule has 0 radical (unpaired) electrons. The van der Waals surface area contributed by atoms with Gasteiger partial charge in [-0.2, -0.15) is 15.6 Å². The Balaban J connectivity index is 2.30. The van der Waals surface area contributed by atoms with E-state index in [1.165, 1.54) is 28.8 Å². The van der Waals surface area contributed by atoms with E-state index >= 15 is 0 Å². The second kappa shape index (κ2) is 5.65. The molecule has 0 fully saturated rings. The van der Waals surface area contributed by atoms with Crippen LogP contribution in [0.15, 0.2) is 27.1 Å². The van der Waals surface area contributed by atoms with Gasteiger partial charge in [0.05, 0.1) is 0 Å². The number of hydrogen-bond donors (Lipinski definition) is 1. The van der Waals surface area contributed by atoms with E-state index in [2.05, 4.69) is 0 Å². The lowest BCUT2D eigenvalue weighted by atomic mass is 10.3. The molecule has 2 heterocycles. The Bertz CT molecular complexity index is 716. The summed E-state index contributed by atoms with van der Waals surface area (Å²) in [6, 6.07) is 3.27. The monoisotopic (exact) mass is 331 g/mol. The Labute approximate surface area is 125 Å².